The lowest BCUT2D eigenvalue weighted by Crippen LogP contribution is -2.44. The number of fused-ring (bicyclic) bond motifs is 1. The number of nitrogens with zero attached hydrogens (tertiary/aromatic N) is 3. The minimum absolute atomic E-state index is 0.0880. The molecule has 0 unspecified atom stereocenters. The number of allylic oxidation sites excluding steroid dienone is 4. The van der Waals surface area contributed by atoms with Crippen LogP contribution in [0.5, 0.6) is 0 Å². The summed E-state index contributed by atoms with van der Waals surface area (Å²) in [6.07, 6.45) is 4.61. The fourth-order valence-corrected chi connectivity index (χ4v) is 3.69. The van der Waals surface area contributed by atoms with Crippen LogP contribution in [0.1, 0.15) is 33.1 Å². The maximum Gasteiger partial charge on any atom is 0.187 e. The summed E-state index contributed by atoms with van der Waals surface area (Å²) in [6.45, 7) is 4.14. The number of hydrogen-bond donors (Lipinski definition) is 1. The highest BCUT2D eigenvalue weighted by Crippen LogP contribution is 2.53. The average Bonchev–Trinajstić information content (AvgIpc) is 2.46. The molecule has 20 heavy (non-hydrogen) atoms. The molecular formula is C16H18N4. The van der Waals surface area contributed by atoms with Crippen LogP contribution in [0.3, 0.4) is 0 Å². The molecule has 0 heterocycles. The van der Waals surface area contributed by atoms with Crippen molar-refractivity contribution >= 4 is 0 Å². The Labute approximate surface area is 119 Å². The van der Waals surface area contributed by atoms with Crippen LogP contribution < -0.4 is 5.73 Å². The maximum absolute atomic E-state index is 9.57. The first kappa shape index (κ1) is 14.2. The zero-order valence-corrected chi connectivity index (χ0v) is 11.8. The SMILES string of the molecule is CC[C@@H]1[C@@H]2C[C@H](C)CC=C2C(C#N)=C(N)C1(C#N)C#N. The quantitative estimate of drug-likeness (QED) is 0.789. The number of nitriles is 3. The molecule has 0 aliphatic heterocycles. The van der Waals surface area contributed by atoms with Gasteiger partial charge in [-0.2, -0.15) is 15.8 Å². The Hall–Kier alpha value is -2.25. The predicted molar refractivity (Wildman–Crippen MR) is 74.2 cm³/mol. The lowest BCUT2D eigenvalue weighted by Gasteiger charge is -2.43. The first-order valence-corrected chi connectivity index (χ1v) is 6.98. The lowest BCUT2D eigenvalue weighted by molar-refractivity contribution is 0.207. The van der Waals surface area contributed by atoms with Crippen LogP contribution in [-0.2, 0) is 0 Å². The van der Waals surface area contributed by atoms with Crippen LogP contribution in [0, 0.1) is 57.2 Å². The van der Waals surface area contributed by atoms with E-state index in [4.69, 9.17) is 5.73 Å². The van der Waals surface area contributed by atoms with Crippen LogP contribution in [0.2, 0.25) is 0 Å². The van der Waals surface area contributed by atoms with Gasteiger partial charge < -0.3 is 5.73 Å². The molecule has 2 rings (SSSR count). The van der Waals surface area contributed by atoms with E-state index in [9.17, 15) is 15.8 Å². The molecule has 0 fully saturated rings. The van der Waals surface area contributed by atoms with Gasteiger partial charge in [0.15, 0.2) is 5.41 Å². The second-order valence-electron chi connectivity index (χ2n) is 5.79. The van der Waals surface area contributed by atoms with Crippen LogP contribution in [0.4, 0.5) is 0 Å². The molecule has 0 aromatic rings. The van der Waals surface area contributed by atoms with Gasteiger partial charge in [0.05, 0.1) is 23.4 Å². The van der Waals surface area contributed by atoms with Gasteiger partial charge in [-0.1, -0.05) is 19.9 Å². The molecule has 0 spiro atoms. The van der Waals surface area contributed by atoms with Crippen molar-refractivity contribution in [1.29, 1.82) is 15.8 Å². The van der Waals surface area contributed by atoms with E-state index in [1.54, 1.807) is 0 Å². The Morgan fingerprint density at radius 1 is 1.35 bits per heavy atom. The average molecular weight is 266 g/mol. The fraction of sp³-hybridized carbons (Fsp3) is 0.562. The van der Waals surface area contributed by atoms with Gasteiger partial charge in [0, 0.05) is 5.92 Å². The minimum Gasteiger partial charge on any atom is -0.399 e. The normalized spacial score (nSPS) is 31.4. The van der Waals surface area contributed by atoms with E-state index in [0.29, 0.717) is 17.9 Å². The minimum atomic E-state index is -1.36. The van der Waals surface area contributed by atoms with Gasteiger partial charge in [-0.3, -0.25) is 0 Å². The third kappa shape index (κ3) is 1.71. The molecule has 0 radical (unpaired) electrons. The van der Waals surface area contributed by atoms with E-state index in [0.717, 1.165) is 18.4 Å². The van der Waals surface area contributed by atoms with Gasteiger partial charge in [0.25, 0.3) is 0 Å². The van der Waals surface area contributed by atoms with Crippen molar-refractivity contribution < 1.29 is 0 Å². The van der Waals surface area contributed by atoms with E-state index < -0.39 is 5.41 Å². The molecule has 0 saturated carbocycles. The van der Waals surface area contributed by atoms with E-state index in [1.165, 1.54) is 0 Å². The maximum atomic E-state index is 9.57. The molecule has 4 nitrogen and oxygen atoms in total. The van der Waals surface area contributed by atoms with E-state index in [-0.39, 0.29) is 17.5 Å². The van der Waals surface area contributed by atoms with Gasteiger partial charge in [-0.15, -0.1) is 0 Å². The summed E-state index contributed by atoms with van der Waals surface area (Å²) in [5.41, 5.74) is 6.16. The van der Waals surface area contributed by atoms with E-state index in [2.05, 4.69) is 31.2 Å². The Morgan fingerprint density at radius 2 is 2.00 bits per heavy atom. The number of rotatable bonds is 1. The second-order valence-corrected chi connectivity index (χ2v) is 5.79. The molecule has 0 amide bonds. The summed E-state index contributed by atoms with van der Waals surface area (Å²) < 4.78 is 0. The summed E-state index contributed by atoms with van der Waals surface area (Å²) in [5.74, 6) is 0.459. The molecular weight excluding hydrogens is 248 g/mol. The topological polar surface area (TPSA) is 97.4 Å². The van der Waals surface area contributed by atoms with Crippen molar-refractivity contribution in [3.05, 3.63) is 22.9 Å². The lowest BCUT2D eigenvalue weighted by atomic mass is 9.57. The summed E-state index contributed by atoms with van der Waals surface area (Å²) in [7, 11) is 0. The summed E-state index contributed by atoms with van der Waals surface area (Å²) in [4.78, 5) is 0. The van der Waals surface area contributed by atoms with Crippen molar-refractivity contribution in [3.8, 4) is 18.2 Å². The van der Waals surface area contributed by atoms with Crippen molar-refractivity contribution in [2.24, 2.45) is 28.9 Å². The van der Waals surface area contributed by atoms with Crippen molar-refractivity contribution in [3.63, 3.8) is 0 Å². The monoisotopic (exact) mass is 266 g/mol. The smallest absolute Gasteiger partial charge is 0.187 e. The molecule has 102 valence electrons. The van der Waals surface area contributed by atoms with Crippen LogP contribution >= 0.6 is 0 Å². The Morgan fingerprint density at radius 3 is 2.50 bits per heavy atom. The highest BCUT2D eigenvalue weighted by molar-refractivity contribution is 5.56. The Balaban J connectivity index is 2.73. The van der Waals surface area contributed by atoms with Gasteiger partial charge >= 0.3 is 0 Å². The van der Waals surface area contributed by atoms with Crippen molar-refractivity contribution in [1.82, 2.24) is 0 Å². The molecule has 2 N–H and O–H groups in total. The Kier molecular flexibility index (Phi) is 3.56. The number of nitrogens with two attached hydrogens (primary N) is 1. The van der Waals surface area contributed by atoms with Crippen molar-refractivity contribution in [2.45, 2.75) is 33.1 Å². The highest BCUT2D eigenvalue weighted by Gasteiger charge is 2.52. The molecule has 0 aromatic heterocycles. The first-order valence-electron chi connectivity index (χ1n) is 6.98. The molecule has 0 aromatic carbocycles. The fourth-order valence-electron chi connectivity index (χ4n) is 3.69. The van der Waals surface area contributed by atoms with Gasteiger partial charge in [0.1, 0.15) is 6.07 Å². The first-order chi connectivity index (χ1) is 9.55. The molecule has 0 saturated heterocycles. The van der Waals surface area contributed by atoms with Gasteiger partial charge in [0.2, 0.25) is 0 Å². The summed E-state index contributed by atoms with van der Waals surface area (Å²) >= 11 is 0. The molecule has 2 aliphatic carbocycles. The molecule has 2 aliphatic rings. The van der Waals surface area contributed by atoms with Crippen LogP contribution in [-0.4, -0.2) is 0 Å². The summed E-state index contributed by atoms with van der Waals surface area (Å²) in [6, 6.07) is 6.34. The van der Waals surface area contributed by atoms with E-state index in [1.807, 2.05) is 6.92 Å². The van der Waals surface area contributed by atoms with Crippen LogP contribution in [0.15, 0.2) is 22.9 Å². The molecule has 3 atom stereocenters. The third-order valence-electron chi connectivity index (χ3n) is 4.72. The zero-order valence-electron chi connectivity index (χ0n) is 11.8. The molecule has 0 bridgehead atoms. The van der Waals surface area contributed by atoms with Crippen LogP contribution in [0.25, 0.3) is 0 Å². The Bertz CT molecular complexity index is 592. The largest absolute Gasteiger partial charge is 0.399 e. The second kappa shape index (κ2) is 5.03. The zero-order chi connectivity index (χ0) is 14.9. The third-order valence-corrected chi connectivity index (χ3v) is 4.72. The standard InChI is InChI=1S/C16H18N4/c1-3-14-12-6-10(2)4-5-11(12)13(7-17)15(20)16(14,8-18)9-19/h5,10,12,14H,3-4,6,20H2,1-2H3/t10-,12-,14-/m1/s1. The molecule has 4 heteroatoms. The van der Waals surface area contributed by atoms with Crippen molar-refractivity contribution in [2.75, 3.05) is 0 Å². The van der Waals surface area contributed by atoms with E-state index >= 15 is 0 Å². The summed E-state index contributed by atoms with van der Waals surface area (Å²) in [5, 5.41) is 28.5. The van der Waals surface area contributed by atoms with Gasteiger partial charge in [-0.25, -0.2) is 0 Å². The predicted octanol–water partition coefficient (Wildman–Crippen LogP) is 2.77. The van der Waals surface area contributed by atoms with Gasteiger partial charge in [-0.05, 0) is 36.7 Å². The highest BCUT2D eigenvalue weighted by atomic mass is 14.7. The number of hydrogen-bond acceptors (Lipinski definition) is 4.